The molecule has 2 rings (SSSR count). The highest BCUT2D eigenvalue weighted by molar-refractivity contribution is 6.31. The quantitative estimate of drug-likeness (QED) is 0.885. The Bertz CT molecular complexity index is 584. The average molecular weight is 289 g/mol. The summed E-state index contributed by atoms with van der Waals surface area (Å²) in [5.41, 5.74) is 2.91. The second-order valence-corrected chi connectivity index (χ2v) is 4.94. The van der Waals surface area contributed by atoms with E-state index < -0.39 is 0 Å². The van der Waals surface area contributed by atoms with Crippen LogP contribution in [-0.4, -0.2) is 12.5 Å². The van der Waals surface area contributed by atoms with Crippen molar-refractivity contribution in [3.63, 3.8) is 0 Å². The summed E-state index contributed by atoms with van der Waals surface area (Å²) >= 11 is 6.03. The van der Waals surface area contributed by atoms with Crippen LogP contribution in [0.5, 0.6) is 0 Å². The highest BCUT2D eigenvalue weighted by atomic mass is 35.5. The van der Waals surface area contributed by atoms with Crippen LogP contribution in [0.2, 0.25) is 5.02 Å². The smallest absolute Gasteiger partial charge is 0.239 e. The first-order chi connectivity index (χ1) is 9.66. The lowest BCUT2D eigenvalue weighted by atomic mass is 10.2. The van der Waals surface area contributed by atoms with Crippen LogP contribution < -0.4 is 10.6 Å². The molecule has 0 aliphatic carbocycles. The summed E-state index contributed by atoms with van der Waals surface area (Å²) in [6, 6.07) is 15.4. The molecule has 3 nitrogen and oxygen atoms in total. The first kappa shape index (κ1) is 14.4. The van der Waals surface area contributed by atoms with E-state index in [9.17, 15) is 4.79 Å². The van der Waals surface area contributed by atoms with Crippen LogP contribution in [0.4, 0.5) is 5.69 Å². The molecule has 0 aliphatic rings. The lowest BCUT2D eigenvalue weighted by molar-refractivity contribution is -0.119. The summed E-state index contributed by atoms with van der Waals surface area (Å²) < 4.78 is 0. The van der Waals surface area contributed by atoms with Gasteiger partial charge in [-0.15, -0.1) is 0 Å². The molecule has 1 amide bonds. The molecule has 0 atom stereocenters. The molecule has 0 bridgehead atoms. The number of benzene rings is 2. The largest absolute Gasteiger partial charge is 0.376 e. The van der Waals surface area contributed by atoms with Gasteiger partial charge in [-0.3, -0.25) is 4.79 Å². The number of hydrogen-bond donors (Lipinski definition) is 2. The number of carbonyl (C=O) groups excluding carboxylic acids is 1. The van der Waals surface area contributed by atoms with Gasteiger partial charge in [-0.25, -0.2) is 0 Å². The zero-order chi connectivity index (χ0) is 14.4. The first-order valence-corrected chi connectivity index (χ1v) is 6.84. The minimum Gasteiger partial charge on any atom is -0.376 e. The number of halogens is 1. The Kier molecular flexibility index (Phi) is 5.02. The Labute approximate surface area is 124 Å². The Hall–Kier alpha value is -2.00. The van der Waals surface area contributed by atoms with Crippen molar-refractivity contribution in [3.8, 4) is 0 Å². The van der Waals surface area contributed by atoms with Gasteiger partial charge in [0, 0.05) is 17.3 Å². The molecule has 0 saturated carbocycles. The summed E-state index contributed by atoms with van der Waals surface area (Å²) in [6.07, 6.45) is 0. The zero-order valence-corrected chi connectivity index (χ0v) is 12.1. The van der Waals surface area contributed by atoms with E-state index in [-0.39, 0.29) is 12.5 Å². The summed E-state index contributed by atoms with van der Waals surface area (Å²) in [6.45, 7) is 2.69. The Morgan fingerprint density at radius 1 is 1.10 bits per heavy atom. The van der Waals surface area contributed by atoms with Gasteiger partial charge in [0.25, 0.3) is 0 Å². The molecule has 4 heteroatoms. The van der Waals surface area contributed by atoms with Gasteiger partial charge < -0.3 is 10.6 Å². The summed E-state index contributed by atoms with van der Waals surface area (Å²) in [7, 11) is 0. The maximum Gasteiger partial charge on any atom is 0.239 e. The van der Waals surface area contributed by atoms with Gasteiger partial charge >= 0.3 is 0 Å². The Morgan fingerprint density at radius 3 is 2.60 bits per heavy atom. The van der Waals surface area contributed by atoms with Gasteiger partial charge in [0.2, 0.25) is 5.91 Å². The van der Waals surface area contributed by atoms with Gasteiger partial charge in [0.15, 0.2) is 0 Å². The van der Waals surface area contributed by atoms with Gasteiger partial charge in [0.05, 0.1) is 6.54 Å². The molecule has 20 heavy (non-hydrogen) atoms. The fraction of sp³-hybridized carbons (Fsp3) is 0.188. The van der Waals surface area contributed by atoms with Crippen molar-refractivity contribution in [1.29, 1.82) is 0 Å². The first-order valence-electron chi connectivity index (χ1n) is 6.46. The van der Waals surface area contributed by atoms with Crippen LogP contribution in [0.25, 0.3) is 0 Å². The van der Waals surface area contributed by atoms with Crippen molar-refractivity contribution in [2.45, 2.75) is 13.5 Å². The van der Waals surface area contributed by atoms with Gasteiger partial charge in [0.1, 0.15) is 0 Å². The predicted molar refractivity (Wildman–Crippen MR) is 83.0 cm³/mol. The van der Waals surface area contributed by atoms with Crippen molar-refractivity contribution in [3.05, 3.63) is 64.7 Å². The van der Waals surface area contributed by atoms with Crippen LogP contribution in [0, 0.1) is 6.92 Å². The third-order valence-electron chi connectivity index (χ3n) is 3.04. The second-order valence-electron chi connectivity index (χ2n) is 4.53. The van der Waals surface area contributed by atoms with E-state index in [0.717, 1.165) is 16.8 Å². The van der Waals surface area contributed by atoms with Crippen LogP contribution in [-0.2, 0) is 11.3 Å². The van der Waals surface area contributed by atoms with Crippen molar-refractivity contribution < 1.29 is 4.79 Å². The SMILES string of the molecule is Cc1c(Cl)cccc1NCC(=O)NCc1ccccc1. The molecule has 0 fully saturated rings. The molecule has 2 aromatic rings. The number of amides is 1. The highest BCUT2D eigenvalue weighted by Crippen LogP contribution is 2.22. The standard InChI is InChI=1S/C16H17ClN2O/c1-12-14(17)8-5-9-15(12)18-11-16(20)19-10-13-6-3-2-4-7-13/h2-9,18H,10-11H2,1H3,(H,19,20). The molecule has 0 spiro atoms. The normalized spacial score (nSPS) is 10.1. The predicted octanol–water partition coefficient (Wildman–Crippen LogP) is 3.38. The van der Waals surface area contributed by atoms with Crippen molar-refractivity contribution in [2.24, 2.45) is 0 Å². The number of nitrogens with one attached hydrogen (secondary N) is 2. The van der Waals surface area contributed by atoms with E-state index in [2.05, 4.69) is 10.6 Å². The molecule has 2 aromatic carbocycles. The lowest BCUT2D eigenvalue weighted by Gasteiger charge is -2.11. The lowest BCUT2D eigenvalue weighted by Crippen LogP contribution is -2.29. The second kappa shape index (κ2) is 6.96. The molecular weight excluding hydrogens is 272 g/mol. The molecule has 104 valence electrons. The van der Waals surface area contributed by atoms with E-state index >= 15 is 0 Å². The third kappa shape index (κ3) is 4.00. The average Bonchev–Trinajstić information content (AvgIpc) is 2.48. The maximum atomic E-state index is 11.8. The number of carbonyl (C=O) groups is 1. The van der Waals surface area contributed by atoms with E-state index in [1.165, 1.54) is 0 Å². The Morgan fingerprint density at radius 2 is 1.85 bits per heavy atom. The molecule has 0 radical (unpaired) electrons. The highest BCUT2D eigenvalue weighted by Gasteiger charge is 2.04. The van der Waals surface area contributed by atoms with E-state index in [1.54, 1.807) is 0 Å². The van der Waals surface area contributed by atoms with Crippen molar-refractivity contribution >= 4 is 23.2 Å². The van der Waals surface area contributed by atoms with Crippen LogP contribution in [0.15, 0.2) is 48.5 Å². The minimum absolute atomic E-state index is 0.0479. The third-order valence-corrected chi connectivity index (χ3v) is 3.45. The molecule has 0 unspecified atom stereocenters. The van der Waals surface area contributed by atoms with Crippen molar-refractivity contribution in [2.75, 3.05) is 11.9 Å². The topological polar surface area (TPSA) is 41.1 Å². The molecule has 0 aromatic heterocycles. The van der Waals surface area contributed by atoms with Crippen LogP contribution in [0.3, 0.4) is 0 Å². The van der Waals surface area contributed by atoms with E-state index in [4.69, 9.17) is 11.6 Å². The molecular formula is C16H17ClN2O. The summed E-state index contributed by atoms with van der Waals surface area (Å²) in [5, 5.41) is 6.66. The summed E-state index contributed by atoms with van der Waals surface area (Å²) in [4.78, 5) is 11.8. The number of anilines is 1. The fourth-order valence-electron chi connectivity index (χ4n) is 1.83. The molecule has 0 aliphatic heterocycles. The molecule has 2 N–H and O–H groups in total. The summed E-state index contributed by atoms with van der Waals surface area (Å²) in [5.74, 6) is -0.0479. The molecule has 0 heterocycles. The zero-order valence-electron chi connectivity index (χ0n) is 11.3. The molecule has 0 saturated heterocycles. The number of hydrogen-bond acceptors (Lipinski definition) is 2. The van der Waals surface area contributed by atoms with Gasteiger partial charge in [-0.05, 0) is 30.2 Å². The van der Waals surface area contributed by atoms with Crippen LogP contribution >= 0.6 is 11.6 Å². The van der Waals surface area contributed by atoms with E-state index in [1.807, 2.05) is 55.5 Å². The van der Waals surface area contributed by atoms with Gasteiger partial charge in [-0.2, -0.15) is 0 Å². The maximum absolute atomic E-state index is 11.8. The van der Waals surface area contributed by atoms with E-state index in [0.29, 0.717) is 11.6 Å². The van der Waals surface area contributed by atoms with Gasteiger partial charge in [-0.1, -0.05) is 48.0 Å². The minimum atomic E-state index is -0.0479. The van der Waals surface area contributed by atoms with Crippen LogP contribution in [0.1, 0.15) is 11.1 Å². The monoisotopic (exact) mass is 288 g/mol. The number of rotatable bonds is 5. The fourth-order valence-corrected chi connectivity index (χ4v) is 2.01. The van der Waals surface area contributed by atoms with Crippen molar-refractivity contribution in [1.82, 2.24) is 5.32 Å². The Balaban J connectivity index is 1.82.